The Balaban J connectivity index is 2.11. The molecule has 0 aliphatic carbocycles. The van der Waals surface area contributed by atoms with Crippen molar-refractivity contribution >= 4 is 11.7 Å². The van der Waals surface area contributed by atoms with Gasteiger partial charge in [-0.25, -0.2) is 0 Å². The van der Waals surface area contributed by atoms with E-state index in [9.17, 15) is 4.79 Å². The minimum atomic E-state index is -0.191. The van der Waals surface area contributed by atoms with Crippen LogP contribution in [0.2, 0.25) is 0 Å². The second-order valence-corrected chi connectivity index (χ2v) is 3.20. The molecule has 0 aliphatic rings. The minimum absolute atomic E-state index is 0.191. The largest absolute Gasteiger partial charge is 0.363 e. The third kappa shape index (κ3) is 2.22. The van der Waals surface area contributed by atoms with E-state index < -0.39 is 0 Å². The van der Waals surface area contributed by atoms with Gasteiger partial charge < -0.3 is 9.84 Å². The van der Waals surface area contributed by atoms with Crippen molar-refractivity contribution < 1.29 is 9.32 Å². The summed E-state index contributed by atoms with van der Waals surface area (Å²) in [6, 6.07) is 8.90. The van der Waals surface area contributed by atoms with Gasteiger partial charge in [-0.2, -0.15) is 0 Å². The molecule has 0 saturated carbocycles. The van der Waals surface area contributed by atoms with Crippen LogP contribution in [0.15, 0.2) is 41.1 Å². The normalized spacial score (nSPS) is 9.93. The third-order valence-corrected chi connectivity index (χ3v) is 1.99. The van der Waals surface area contributed by atoms with Gasteiger partial charge in [-0.3, -0.25) is 4.79 Å². The van der Waals surface area contributed by atoms with Gasteiger partial charge in [0.1, 0.15) is 6.26 Å². The number of hydrogen-bond donors (Lipinski definition) is 1. The number of nitrogens with zero attached hydrogens (tertiary/aromatic N) is 1. The number of aryl methyl sites for hydroxylation is 1. The molecule has 0 aliphatic heterocycles. The van der Waals surface area contributed by atoms with Crippen LogP contribution in [0.5, 0.6) is 0 Å². The van der Waals surface area contributed by atoms with E-state index >= 15 is 0 Å². The summed E-state index contributed by atoms with van der Waals surface area (Å²) in [4.78, 5) is 11.6. The molecule has 2 aromatic rings. The van der Waals surface area contributed by atoms with Gasteiger partial charge in [0.15, 0.2) is 5.82 Å². The fourth-order valence-electron chi connectivity index (χ4n) is 1.17. The summed E-state index contributed by atoms with van der Waals surface area (Å²) in [6.07, 6.45) is 1.41. The number of rotatable bonds is 2. The molecule has 1 heterocycles. The van der Waals surface area contributed by atoms with Crippen LogP contribution in [0.25, 0.3) is 0 Å². The molecule has 15 heavy (non-hydrogen) atoms. The first kappa shape index (κ1) is 9.45. The third-order valence-electron chi connectivity index (χ3n) is 1.99. The van der Waals surface area contributed by atoms with E-state index in [2.05, 4.69) is 15.0 Å². The molecular formula is C11H10N2O2. The van der Waals surface area contributed by atoms with E-state index in [0.29, 0.717) is 11.4 Å². The Bertz CT molecular complexity index is 446. The van der Waals surface area contributed by atoms with Crippen LogP contribution in [0, 0.1) is 6.92 Å². The van der Waals surface area contributed by atoms with Gasteiger partial charge in [0, 0.05) is 11.6 Å². The Morgan fingerprint density at radius 1 is 1.27 bits per heavy atom. The molecule has 1 aromatic carbocycles. The summed E-state index contributed by atoms with van der Waals surface area (Å²) >= 11 is 0. The van der Waals surface area contributed by atoms with Gasteiger partial charge in [0.2, 0.25) is 0 Å². The second-order valence-electron chi connectivity index (χ2n) is 3.20. The lowest BCUT2D eigenvalue weighted by molar-refractivity contribution is 0.102. The molecule has 0 saturated heterocycles. The number of hydrogen-bond acceptors (Lipinski definition) is 3. The van der Waals surface area contributed by atoms with Crippen LogP contribution in [-0.4, -0.2) is 11.1 Å². The number of carbonyl (C=O) groups is 1. The number of anilines is 1. The SMILES string of the molecule is Cc1ccc(C(=O)Nc2ccon2)cc1. The Morgan fingerprint density at radius 3 is 2.60 bits per heavy atom. The molecule has 0 spiro atoms. The summed E-state index contributed by atoms with van der Waals surface area (Å²) < 4.78 is 4.61. The maximum atomic E-state index is 11.6. The molecule has 0 unspecified atom stereocenters. The molecule has 4 nitrogen and oxygen atoms in total. The van der Waals surface area contributed by atoms with Crippen molar-refractivity contribution in [1.29, 1.82) is 0 Å². The van der Waals surface area contributed by atoms with Crippen molar-refractivity contribution in [3.05, 3.63) is 47.7 Å². The monoisotopic (exact) mass is 202 g/mol. The zero-order valence-corrected chi connectivity index (χ0v) is 8.23. The first-order valence-corrected chi connectivity index (χ1v) is 4.54. The van der Waals surface area contributed by atoms with E-state index in [1.807, 2.05) is 19.1 Å². The maximum Gasteiger partial charge on any atom is 0.256 e. The highest BCUT2D eigenvalue weighted by atomic mass is 16.5. The van der Waals surface area contributed by atoms with E-state index in [-0.39, 0.29) is 5.91 Å². The molecule has 1 N–H and O–H groups in total. The zero-order chi connectivity index (χ0) is 10.7. The molecule has 0 fully saturated rings. The number of benzene rings is 1. The van der Waals surface area contributed by atoms with Crippen LogP contribution in [0.3, 0.4) is 0 Å². The lowest BCUT2D eigenvalue weighted by Crippen LogP contribution is -2.11. The average Bonchev–Trinajstić information content (AvgIpc) is 2.71. The van der Waals surface area contributed by atoms with Gasteiger partial charge in [0.05, 0.1) is 0 Å². The molecule has 4 heteroatoms. The predicted molar refractivity (Wildman–Crippen MR) is 55.6 cm³/mol. The first-order chi connectivity index (χ1) is 7.25. The quantitative estimate of drug-likeness (QED) is 0.812. The van der Waals surface area contributed by atoms with E-state index in [1.54, 1.807) is 18.2 Å². The smallest absolute Gasteiger partial charge is 0.256 e. The number of aromatic nitrogens is 1. The van der Waals surface area contributed by atoms with Gasteiger partial charge in [-0.15, -0.1) is 0 Å². The molecule has 2 rings (SSSR count). The average molecular weight is 202 g/mol. The standard InChI is InChI=1S/C11H10N2O2/c1-8-2-4-9(5-3-8)11(14)12-10-6-7-15-13-10/h2-7H,1H3,(H,12,13,14). The summed E-state index contributed by atoms with van der Waals surface area (Å²) in [6.45, 7) is 1.97. The molecule has 76 valence electrons. The van der Waals surface area contributed by atoms with Gasteiger partial charge in [-0.1, -0.05) is 22.9 Å². The molecule has 0 bridgehead atoms. The van der Waals surface area contributed by atoms with E-state index in [4.69, 9.17) is 0 Å². The molecule has 1 amide bonds. The highest BCUT2D eigenvalue weighted by Crippen LogP contribution is 2.07. The predicted octanol–water partition coefficient (Wildman–Crippen LogP) is 2.24. The first-order valence-electron chi connectivity index (χ1n) is 4.54. The Kier molecular flexibility index (Phi) is 2.49. The number of nitrogens with one attached hydrogen (secondary N) is 1. The van der Waals surface area contributed by atoms with Crippen LogP contribution >= 0.6 is 0 Å². The molecule has 1 aromatic heterocycles. The lowest BCUT2D eigenvalue weighted by atomic mass is 10.1. The van der Waals surface area contributed by atoms with Crippen molar-refractivity contribution in [2.45, 2.75) is 6.92 Å². The van der Waals surface area contributed by atoms with Crippen molar-refractivity contribution in [2.24, 2.45) is 0 Å². The number of amides is 1. The van der Waals surface area contributed by atoms with Crippen LogP contribution < -0.4 is 5.32 Å². The lowest BCUT2D eigenvalue weighted by Gasteiger charge is -2.01. The van der Waals surface area contributed by atoms with Crippen molar-refractivity contribution in [2.75, 3.05) is 5.32 Å². The molecule has 0 radical (unpaired) electrons. The summed E-state index contributed by atoms with van der Waals surface area (Å²) in [7, 11) is 0. The topological polar surface area (TPSA) is 55.1 Å². The van der Waals surface area contributed by atoms with E-state index in [0.717, 1.165) is 5.56 Å². The van der Waals surface area contributed by atoms with Crippen molar-refractivity contribution in [3.8, 4) is 0 Å². The fourth-order valence-corrected chi connectivity index (χ4v) is 1.17. The van der Waals surface area contributed by atoms with Gasteiger partial charge in [-0.05, 0) is 19.1 Å². The highest BCUT2D eigenvalue weighted by molar-refractivity contribution is 6.03. The highest BCUT2D eigenvalue weighted by Gasteiger charge is 2.06. The zero-order valence-electron chi connectivity index (χ0n) is 8.23. The van der Waals surface area contributed by atoms with Crippen LogP contribution in [0.1, 0.15) is 15.9 Å². The fraction of sp³-hybridized carbons (Fsp3) is 0.0909. The van der Waals surface area contributed by atoms with E-state index in [1.165, 1.54) is 6.26 Å². The van der Waals surface area contributed by atoms with Gasteiger partial charge >= 0.3 is 0 Å². The van der Waals surface area contributed by atoms with Gasteiger partial charge in [0.25, 0.3) is 5.91 Å². The van der Waals surface area contributed by atoms with Crippen LogP contribution in [-0.2, 0) is 0 Å². The summed E-state index contributed by atoms with van der Waals surface area (Å²) in [5.74, 6) is 0.226. The van der Waals surface area contributed by atoms with Crippen molar-refractivity contribution in [1.82, 2.24) is 5.16 Å². The Labute approximate surface area is 86.9 Å². The molecule has 0 atom stereocenters. The number of carbonyl (C=O) groups excluding carboxylic acids is 1. The Hall–Kier alpha value is -2.10. The van der Waals surface area contributed by atoms with Crippen molar-refractivity contribution in [3.63, 3.8) is 0 Å². The maximum absolute atomic E-state index is 11.6. The molecular weight excluding hydrogens is 192 g/mol. The summed E-state index contributed by atoms with van der Waals surface area (Å²) in [5, 5.41) is 6.21. The van der Waals surface area contributed by atoms with Crippen LogP contribution in [0.4, 0.5) is 5.82 Å². The summed E-state index contributed by atoms with van der Waals surface area (Å²) in [5.41, 5.74) is 1.72. The minimum Gasteiger partial charge on any atom is -0.363 e. The second kappa shape index (κ2) is 3.96. The Morgan fingerprint density at radius 2 is 2.00 bits per heavy atom.